The summed E-state index contributed by atoms with van der Waals surface area (Å²) in [4.78, 5) is 0. The van der Waals surface area contributed by atoms with Crippen LogP contribution in [0.5, 0.6) is 0 Å². The summed E-state index contributed by atoms with van der Waals surface area (Å²) in [7, 11) is 0. The monoisotopic (exact) mass is 187 g/mol. The van der Waals surface area contributed by atoms with Crippen molar-refractivity contribution >= 4 is 11.8 Å². The Morgan fingerprint density at radius 3 is 1.50 bits per heavy atom. The molecule has 0 radical (unpaired) electrons. The summed E-state index contributed by atoms with van der Waals surface area (Å²) in [5.74, 6) is 5.16. The Morgan fingerprint density at radius 1 is 0.833 bits per heavy atom. The van der Waals surface area contributed by atoms with Gasteiger partial charge in [0.05, 0.1) is 0 Å². The van der Waals surface area contributed by atoms with Crippen LogP contribution in [0.15, 0.2) is 0 Å². The van der Waals surface area contributed by atoms with Crippen LogP contribution in [0.3, 0.4) is 0 Å². The molecule has 0 bridgehead atoms. The zero-order valence-corrected chi connectivity index (χ0v) is 8.74. The quantitative estimate of drug-likeness (QED) is 0.731. The molecule has 2 fully saturated rings. The highest BCUT2D eigenvalue weighted by molar-refractivity contribution is 7.99. The first-order chi connectivity index (χ1) is 5.45. The first-order valence-electron chi connectivity index (χ1n) is 5.03. The van der Waals surface area contributed by atoms with Gasteiger partial charge in [0.25, 0.3) is 0 Å². The fourth-order valence-corrected chi connectivity index (χ4v) is 3.19. The van der Waals surface area contributed by atoms with E-state index in [0.29, 0.717) is 0 Å². The van der Waals surface area contributed by atoms with Crippen molar-refractivity contribution in [1.82, 2.24) is 6.15 Å². The maximum Gasteiger partial charge on any atom is -0.00390 e. The third-order valence-electron chi connectivity index (χ3n) is 3.16. The van der Waals surface area contributed by atoms with Crippen LogP contribution in [-0.4, -0.2) is 11.5 Å². The van der Waals surface area contributed by atoms with Crippen molar-refractivity contribution in [3.63, 3.8) is 0 Å². The molecule has 2 heteroatoms. The van der Waals surface area contributed by atoms with Gasteiger partial charge in [-0.1, -0.05) is 12.8 Å². The molecule has 12 heavy (non-hydrogen) atoms. The number of hydrogen-bond acceptors (Lipinski definition) is 2. The normalized spacial score (nSPS) is 24.0. The highest BCUT2D eigenvalue weighted by atomic mass is 32.2. The Hall–Kier alpha value is 0.310. The smallest absolute Gasteiger partial charge is 0.00390 e. The van der Waals surface area contributed by atoms with E-state index in [-0.39, 0.29) is 6.15 Å². The molecule has 0 aromatic rings. The highest BCUT2D eigenvalue weighted by Crippen LogP contribution is 2.33. The second kappa shape index (κ2) is 5.13. The highest BCUT2D eigenvalue weighted by Gasteiger charge is 2.20. The molecule has 0 aromatic heterocycles. The van der Waals surface area contributed by atoms with Crippen LogP contribution in [0.1, 0.15) is 38.5 Å². The Bertz CT molecular complexity index is 105. The minimum atomic E-state index is 0. The van der Waals surface area contributed by atoms with Crippen LogP contribution in [0.25, 0.3) is 0 Å². The lowest BCUT2D eigenvalue weighted by molar-refractivity contribution is 0.344. The van der Waals surface area contributed by atoms with Gasteiger partial charge in [0.15, 0.2) is 0 Å². The molecule has 2 aliphatic rings. The zero-order chi connectivity index (χ0) is 7.52. The fraction of sp³-hybridized carbons (Fsp3) is 1.00. The Labute approximate surface area is 80.3 Å². The first-order valence-corrected chi connectivity index (χ1v) is 6.18. The van der Waals surface area contributed by atoms with Crippen molar-refractivity contribution in [3.05, 3.63) is 0 Å². The van der Waals surface area contributed by atoms with E-state index in [1.165, 1.54) is 50.0 Å². The number of hydrogen-bond donors (Lipinski definition) is 1. The molecule has 0 amide bonds. The molecule has 0 aromatic carbocycles. The standard InChI is InChI=1S/C10H18S.H3N/c1-3-9(4-1)7-11-8-10-5-2-6-10;/h9-10H,1-8H2;1H3. The Kier molecular flexibility index (Phi) is 4.44. The average molecular weight is 187 g/mol. The lowest BCUT2D eigenvalue weighted by atomic mass is 9.87. The van der Waals surface area contributed by atoms with E-state index in [0.717, 1.165) is 11.8 Å². The summed E-state index contributed by atoms with van der Waals surface area (Å²) in [6.07, 6.45) is 9.12. The topological polar surface area (TPSA) is 35.0 Å². The maximum absolute atomic E-state index is 2.22. The van der Waals surface area contributed by atoms with E-state index in [1.54, 1.807) is 0 Å². The van der Waals surface area contributed by atoms with Gasteiger partial charge in [0.2, 0.25) is 0 Å². The van der Waals surface area contributed by atoms with Crippen molar-refractivity contribution < 1.29 is 0 Å². The molecule has 0 heterocycles. The van der Waals surface area contributed by atoms with Gasteiger partial charge >= 0.3 is 0 Å². The van der Waals surface area contributed by atoms with Crippen molar-refractivity contribution in [2.45, 2.75) is 38.5 Å². The van der Waals surface area contributed by atoms with Crippen molar-refractivity contribution in [1.29, 1.82) is 0 Å². The van der Waals surface area contributed by atoms with Gasteiger partial charge in [-0.15, -0.1) is 0 Å². The molecule has 0 saturated heterocycles. The second-order valence-electron chi connectivity index (χ2n) is 4.13. The van der Waals surface area contributed by atoms with Gasteiger partial charge in [-0.05, 0) is 49.0 Å². The van der Waals surface area contributed by atoms with Gasteiger partial charge in [-0.25, -0.2) is 0 Å². The molecule has 2 saturated carbocycles. The Morgan fingerprint density at radius 2 is 1.25 bits per heavy atom. The maximum atomic E-state index is 2.22. The van der Waals surface area contributed by atoms with Gasteiger partial charge in [0.1, 0.15) is 0 Å². The lowest BCUT2D eigenvalue weighted by Gasteiger charge is -2.28. The van der Waals surface area contributed by atoms with E-state index in [2.05, 4.69) is 11.8 Å². The van der Waals surface area contributed by atoms with Crippen LogP contribution in [-0.2, 0) is 0 Å². The van der Waals surface area contributed by atoms with E-state index < -0.39 is 0 Å². The van der Waals surface area contributed by atoms with E-state index >= 15 is 0 Å². The largest absolute Gasteiger partial charge is 0.344 e. The van der Waals surface area contributed by atoms with Gasteiger partial charge in [-0.3, -0.25) is 0 Å². The predicted molar refractivity (Wildman–Crippen MR) is 57.0 cm³/mol. The zero-order valence-electron chi connectivity index (χ0n) is 7.93. The molecule has 0 atom stereocenters. The van der Waals surface area contributed by atoms with Crippen molar-refractivity contribution in [2.75, 3.05) is 11.5 Å². The molecule has 3 N–H and O–H groups in total. The summed E-state index contributed by atoms with van der Waals surface area (Å²) in [5.41, 5.74) is 0. The fourth-order valence-electron chi connectivity index (χ4n) is 1.72. The molecule has 0 spiro atoms. The van der Waals surface area contributed by atoms with E-state index in [9.17, 15) is 0 Å². The van der Waals surface area contributed by atoms with Crippen LogP contribution in [0.2, 0.25) is 0 Å². The molecule has 2 aliphatic carbocycles. The average Bonchev–Trinajstić information content (AvgIpc) is 1.79. The second-order valence-corrected chi connectivity index (χ2v) is 5.21. The summed E-state index contributed by atoms with van der Waals surface area (Å²) in [6, 6.07) is 0. The molecule has 2 rings (SSSR count). The number of rotatable bonds is 4. The molecular weight excluding hydrogens is 166 g/mol. The van der Waals surface area contributed by atoms with E-state index in [1.807, 2.05) is 0 Å². The molecule has 0 unspecified atom stereocenters. The predicted octanol–water partition coefficient (Wildman–Crippen LogP) is 3.48. The third kappa shape index (κ3) is 2.67. The Balaban J connectivity index is 0.000000720. The summed E-state index contributed by atoms with van der Waals surface area (Å²) < 4.78 is 0. The molecule has 72 valence electrons. The third-order valence-corrected chi connectivity index (χ3v) is 4.57. The van der Waals surface area contributed by atoms with Crippen molar-refractivity contribution in [3.8, 4) is 0 Å². The van der Waals surface area contributed by atoms with Crippen LogP contribution in [0.4, 0.5) is 0 Å². The van der Waals surface area contributed by atoms with Gasteiger partial charge in [-0.2, -0.15) is 11.8 Å². The number of thioether (sulfide) groups is 1. The van der Waals surface area contributed by atoms with Gasteiger partial charge < -0.3 is 6.15 Å². The molecular formula is C10H21NS. The van der Waals surface area contributed by atoms with E-state index in [4.69, 9.17) is 0 Å². The first kappa shape index (κ1) is 10.4. The SMILES string of the molecule is C1CC(CSCC2CCC2)C1.N. The summed E-state index contributed by atoms with van der Waals surface area (Å²) >= 11 is 2.22. The van der Waals surface area contributed by atoms with Crippen LogP contribution >= 0.6 is 11.8 Å². The van der Waals surface area contributed by atoms with Crippen molar-refractivity contribution in [2.24, 2.45) is 11.8 Å². The summed E-state index contributed by atoms with van der Waals surface area (Å²) in [6.45, 7) is 0. The summed E-state index contributed by atoms with van der Waals surface area (Å²) in [5, 5.41) is 0. The minimum absolute atomic E-state index is 0. The van der Waals surface area contributed by atoms with Gasteiger partial charge in [0, 0.05) is 0 Å². The van der Waals surface area contributed by atoms with Crippen LogP contribution < -0.4 is 6.15 Å². The molecule has 1 nitrogen and oxygen atoms in total. The van der Waals surface area contributed by atoms with Crippen LogP contribution in [0, 0.1) is 11.8 Å². The minimum Gasteiger partial charge on any atom is -0.344 e. The lowest BCUT2D eigenvalue weighted by Crippen LogP contribution is -2.17. The molecule has 0 aliphatic heterocycles.